The number of hydrogen-bond acceptors (Lipinski definition) is 6. The topological polar surface area (TPSA) is 120 Å². The molecule has 0 aliphatic heterocycles. The minimum Gasteiger partial charge on any atom is -0.480 e. The zero-order chi connectivity index (χ0) is 16.7. The molecule has 1 aromatic heterocycles. The second kappa shape index (κ2) is 8.45. The Kier molecular flexibility index (Phi) is 6.94. The van der Waals surface area contributed by atoms with E-state index in [0.29, 0.717) is 17.7 Å². The lowest BCUT2D eigenvalue weighted by atomic mass is 10.1. The summed E-state index contributed by atoms with van der Waals surface area (Å²) in [4.78, 5) is 21.0. The standard InChI is InChI=1S/C10H9NO2.C5H11NO2S/c1-6-2-3-7-8(11)5-10(12)13-9(7)4-6;1-9-3-2-4(6)5(7)8/h2-5H,11H2,1H3;4H,2-3,6H2,1H3,(H,7,8). The highest BCUT2D eigenvalue weighted by Gasteiger charge is 2.09. The van der Waals surface area contributed by atoms with Crippen LogP contribution in [0, 0.1) is 6.92 Å². The predicted molar refractivity (Wildman–Crippen MR) is 90.2 cm³/mol. The molecule has 1 atom stereocenters. The lowest BCUT2D eigenvalue weighted by molar-refractivity contribution is -0.138. The Morgan fingerprint density at radius 2 is 2.09 bits per heavy atom. The Morgan fingerprint density at radius 1 is 1.41 bits per heavy atom. The van der Waals surface area contributed by atoms with Crippen molar-refractivity contribution in [1.29, 1.82) is 0 Å². The van der Waals surface area contributed by atoms with Crippen molar-refractivity contribution in [1.82, 2.24) is 0 Å². The van der Waals surface area contributed by atoms with Crippen LogP contribution in [-0.2, 0) is 4.79 Å². The maximum atomic E-state index is 11.0. The van der Waals surface area contributed by atoms with Gasteiger partial charge in [-0.25, -0.2) is 4.79 Å². The summed E-state index contributed by atoms with van der Waals surface area (Å²) in [6.45, 7) is 1.93. The predicted octanol–water partition coefficient (Wildman–Crippen LogP) is 1.84. The van der Waals surface area contributed by atoms with Crippen LogP contribution in [0.5, 0.6) is 0 Å². The van der Waals surface area contributed by atoms with Gasteiger partial charge in [0, 0.05) is 17.1 Å². The van der Waals surface area contributed by atoms with Crippen molar-refractivity contribution < 1.29 is 14.3 Å². The fourth-order valence-corrected chi connectivity index (χ4v) is 2.15. The van der Waals surface area contributed by atoms with Gasteiger partial charge in [0.1, 0.15) is 11.6 Å². The van der Waals surface area contributed by atoms with Crippen LogP contribution in [0.3, 0.4) is 0 Å². The van der Waals surface area contributed by atoms with Crippen molar-refractivity contribution >= 4 is 34.4 Å². The molecule has 6 nitrogen and oxygen atoms in total. The number of nitrogen functional groups attached to an aromatic ring is 1. The van der Waals surface area contributed by atoms with Crippen LogP contribution >= 0.6 is 11.8 Å². The first kappa shape index (κ1) is 18.1. The lowest BCUT2D eigenvalue weighted by Crippen LogP contribution is -2.30. The molecule has 0 bridgehead atoms. The number of rotatable bonds is 4. The first-order valence-electron chi connectivity index (χ1n) is 6.62. The quantitative estimate of drug-likeness (QED) is 0.734. The van der Waals surface area contributed by atoms with E-state index in [1.54, 1.807) is 17.8 Å². The van der Waals surface area contributed by atoms with Crippen LogP contribution < -0.4 is 17.1 Å². The maximum Gasteiger partial charge on any atom is 0.338 e. The molecule has 0 aliphatic rings. The van der Waals surface area contributed by atoms with E-state index >= 15 is 0 Å². The van der Waals surface area contributed by atoms with Crippen molar-refractivity contribution in [3.8, 4) is 0 Å². The first-order valence-corrected chi connectivity index (χ1v) is 8.02. The highest BCUT2D eigenvalue weighted by molar-refractivity contribution is 7.98. The fraction of sp³-hybridized carbons (Fsp3) is 0.333. The minimum atomic E-state index is -0.913. The molecule has 0 saturated carbocycles. The molecular weight excluding hydrogens is 304 g/mol. The molecule has 0 fully saturated rings. The van der Waals surface area contributed by atoms with Gasteiger partial charge in [-0.15, -0.1) is 0 Å². The Morgan fingerprint density at radius 3 is 2.68 bits per heavy atom. The number of aryl methyl sites for hydroxylation is 1. The summed E-state index contributed by atoms with van der Waals surface area (Å²) in [5.74, 6) is -0.1000. The Balaban J connectivity index is 0.000000239. The Hall–Kier alpha value is -1.99. The van der Waals surface area contributed by atoms with E-state index in [1.165, 1.54) is 6.07 Å². The van der Waals surface area contributed by atoms with E-state index in [0.717, 1.165) is 16.7 Å². The summed E-state index contributed by atoms with van der Waals surface area (Å²) >= 11 is 1.60. The van der Waals surface area contributed by atoms with Gasteiger partial charge in [0.05, 0.1) is 0 Å². The van der Waals surface area contributed by atoms with Crippen LogP contribution in [0.25, 0.3) is 11.0 Å². The highest BCUT2D eigenvalue weighted by atomic mass is 32.2. The Bertz CT molecular complexity index is 699. The zero-order valence-corrected chi connectivity index (χ0v) is 13.4. The lowest BCUT2D eigenvalue weighted by Gasteiger charge is -2.02. The second-order valence-electron chi connectivity index (χ2n) is 4.75. The molecule has 7 heteroatoms. The average Bonchev–Trinajstić information content (AvgIpc) is 2.44. The third kappa shape index (κ3) is 5.42. The number of anilines is 1. The number of thioether (sulfide) groups is 1. The number of fused-ring (bicyclic) bond motifs is 1. The molecule has 5 N–H and O–H groups in total. The van der Waals surface area contributed by atoms with Gasteiger partial charge in [-0.3, -0.25) is 4.79 Å². The molecule has 2 rings (SSSR count). The summed E-state index contributed by atoms with van der Waals surface area (Å²) in [5.41, 5.74) is 12.5. The first-order chi connectivity index (χ1) is 10.3. The number of nitrogens with two attached hydrogens (primary N) is 2. The van der Waals surface area contributed by atoms with Gasteiger partial charge in [-0.05, 0) is 43.0 Å². The van der Waals surface area contributed by atoms with Crippen LogP contribution in [0.15, 0.2) is 33.5 Å². The molecule has 0 radical (unpaired) electrons. The fourth-order valence-electron chi connectivity index (χ4n) is 1.66. The number of carboxylic acids is 1. The maximum absolute atomic E-state index is 11.0. The van der Waals surface area contributed by atoms with Crippen molar-refractivity contribution in [2.75, 3.05) is 17.7 Å². The van der Waals surface area contributed by atoms with Crippen molar-refractivity contribution in [2.45, 2.75) is 19.4 Å². The van der Waals surface area contributed by atoms with Crippen LogP contribution in [0.4, 0.5) is 5.69 Å². The summed E-state index contributed by atoms with van der Waals surface area (Å²) in [7, 11) is 0. The van der Waals surface area contributed by atoms with Gasteiger partial charge < -0.3 is 21.0 Å². The third-order valence-electron chi connectivity index (χ3n) is 2.88. The van der Waals surface area contributed by atoms with Crippen molar-refractivity contribution in [2.24, 2.45) is 5.73 Å². The number of hydrogen-bond donors (Lipinski definition) is 3. The highest BCUT2D eigenvalue weighted by Crippen LogP contribution is 2.19. The van der Waals surface area contributed by atoms with E-state index < -0.39 is 17.6 Å². The van der Waals surface area contributed by atoms with Crippen molar-refractivity contribution in [3.63, 3.8) is 0 Å². The zero-order valence-electron chi connectivity index (χ0n) is 12.5. The summed E-state index contributed by atoms with van der Waals surface area (Å²) < 4.78 is 4.99. The summed E-state index contributed by atoms with van der Waals surface area (Å²) in [6.07, 6.45) is 2.48. The summed E-state index contributed by atoms with van der Waals surface area (Å²) in [6, 6.07) is 6.18. The smallest absolute Gasteiger partial charge is 0.338 e. The van der Waals surface area contributed by atoms with E-state index in [9.17, 15) is 9.59 Å². The largest absolute Gasteiger partial charge is 0.480 e. The molecule has 120 valence electrons. The molecular formula is C15H20N2O4S. The normalized spacial score (nSPS) is 11.6. The van der Waals surface area contributed by atoms with Gasteiger partial charge in [-0.1, -0.05) is 6.07 Å². The SMILES string of the molecule is CSCCC(N)C(=O)O.Cc1ccc2c(N)cc(=O)oc2c1. The monoisotopic (exact) mass is 324 g/mol. The van der Waals surface area contributed by atoms with Gasteiger partial charge in [0.25, 0.3) is 0 Å². The minimum absolute atomic E-state index is 0.407. The van der Waals surface area contributed by atoms with Gasteiger partial charge >= 0.3 is 11.6 Å². The number of carboxylic acid groups (broad SMARTS) is 1. The summed E-state index contributed by atoms with van der Waals surface area (Å²) in [5, 5.41) is 9.06. The number of benzene rings is 1. The molecule has 1 heterocycles. The molecule has 0 saturated heterocycles. The molecule has 22 heavy (non-hydrogen) atoms. The molecule has 1 unspecified atom stereocenters. The second-order valence-corrected chi connectivity index (χ2v) is 5.73. The molecule has 2 aromatic rings. The number of aliphatic carboxylic acids is 1. The molecule has 0 aliphatic carbocycles. The van der Waals surface area contributed by atoms with Gasteiger partial charge in [-0.2, -0.15) is 11.8 Å². The molecule has 1 aromatic carbocycles. The third-order valence-corrected chi connectivity index (χ3v) is 3.53. The van der Waals surface area contributed by atoms with Crippen LogP contribution in [-0.4, -0.2) is 29.1 Å². The Labute approximate surface area is 132 Å². The number of carbonyl (C=O) groups is 1. The van der Waals surface area contributed by atoms with Crippen LogP contribution in [0.1, 0.15) is 12.0 Å². The van der Waals surface area contributed by atoms with Crippen LogP contribution in [0.2, 0.25) is 0 Å². The van der Waals surface area contributed by atoms with E-state index in [2.05, 4.69) is 0 Å². The van der Waals surface area contributed by atoms with E-state index in [-0.39, 0.29) is 0 Å². The van der Waals surface area contributed by atoms with E-state index in [1.807, 2.05) is 25.3 Å². The molecule has 0 spiro atoms. The van der Waals surface area contributed by atoms with Gasteiger partial charge in [0.2, 0.25) is 0 Å². The van der Waals surface area contributed by atoms with Gasteiger partial charge in [0.15, 0.2) is 0 Å². The average molecular weight is 324 g/mol. The van der Waals surface area contributed by atoms with Crippen molar-refractivity contribution in [3.05, 3.63) is 40.2 Å². The van der Waals surface area contributed by atoms with E-state index in [4.69, 9.17) is 21.0 Å². The molecule has 0 amide bonds.